The number of thiophene rings is 1. The Hall–Kier alpha value is -4.08. The molecule has 3 heterocycles. The molecule has 0 radical (unpaired) electrons. The number of nitrogens with zero attached hydrogens (tertiary/aromatic N) is 2. The van der Waals surface area contributed by atoms with Crippen molar-refractivity contribution < 1.29 is 30.5 Å². The lowest BCUT2D eigenvalue weighted by atomic mass is 10.0. The Morgan fingerprint density at radius 2 is 1.54 bits per heavy atom. The van der Waals surface area contributed by atoms with Crippen molar-refractivity contribution in [1.82, 2.24) is 0 Å². The maximum Gasteiger partial charge on any atom is 0.265 e. The van der Waals surface area contributed by atoms with Gasteiger partial charge >= 0.3 is 0 Å². The minimum Gasteiger partial charge on any atom is -0.334 e. The number of hydrogen-bond donors (Lipinski definition) is 2. The lowest BCUT2D eigenvalue weighted by Crippen LogP contribution is -2.36. The van der Waals surface area contributed by atoms with E-state index in [-0.39, 0.29) is 24.3 Å². The number of thioether (sulfide) groups is 1. The zero-order valence-corrected chi connectivity index (χ0v) is 33.4. The van der Waals surface area contributed by atoms with Gasteiger partial charge in [-0.25, -0.2) is 0 Å². The van der Waals surface area contributed by atoms with E-state index >= 15 is 0 Å². The number of aryl methyl sites for hydroxylation is 1. The summed E-state index contributed by atoms with van der Waals surface area (Å²) in [5.41, 5.74) is 5.28. The predicted octanol–water partition coefficient (Wildman–Crippen LogP) is 10.2. The lowest BCUT2D eigenvalue weighted by molar-refractivity contribution is -0.668. The maximum atomic E-state index is 11.8. The number of hydrogen-bond acceptors (Lipinski definition) is 8. The average molecular weight is 814 g/mol. The van der Waals surface area contributed by atoms with Crippen LogP contribution in [0.1, 0.15) is 31.2 Å². The van der Waals surface area contributed by atoms with Crippen LogP contribution in [0.25, 0.3) is 59.1 Å². The summed E-state index contributed by atoms with van der Waals surface area (Å²) in [4.78, 5) is 3.25. The lowest BCUT2D eigenvalue weighted by Gasteiger charge is -2.22. The van der Waals surface area contributed by atoms with Gasteiger partial charge in [0.05, 0.1) is 22.2 Å². The molecule has 0 fully saturated rings. The van der Waals surface area contributed by atoms with Crippen LogP contribution in [0.2, 0.25) is 0 Å². The van der Waals surface area contributed by atoms with Gasteiger partial charge in [-0.15, -0.1) is 11.3 Å². The van der Waals surface area contributed by atoms with Gasteiger partial charge in [0, 0.05) is 51.0 Å². The summed E-state index contributed by atoms with van der Waals surface area (Å²) in [6, 6.07) is 31.6. The van der Waals surface area contributed by atoms with Gasteiger partial charge in [-0.1, -0.05) is 96.8 Å². The minimum atomic E-state index is -4.13. The second-order valence-electron chi connectivity index (χ2n) is 13.3. The molecule has 0 spiro atoms. The molecule has 1 aliphatic heterocycles. The van der Waals surface area contributed by atoms with Crippen LogP contribution in [0.5, 0.6) is 0 Å². The first-order valence-electron chi connectivity index (χ1n) is 17.6. The molecule has 0 unspecified atom stereocenters. The highest BCUT2D eigenvalue weighted by Crippen LogP contribution is 2.51. The monoisotopic (exact) mass is 813 g/mol. The van der Waals surface area contributed by atoms with Gasteiger partial charge in [0.25, 0.3) is 25.2 Å². The summed E-state index contributed by atoms with van der Waals surface area (Å²) in [7, 11) is -8.26. The molecule has 2 N–H and O–H groups in total. The Kier molecular flexibility index (Phi) is 10.2. The van der Waals surface area contributed by atoms with Crippen molar-refractivity contribution in [2.24, 2.45) is 0 Å². The molecule has 8 nitrogen and oxygen atoms in total. The van der Waals surface area contributed by atoms with Gasteiger partial charge in [-0.3, -0.25) is 9.11 Å². The van der Waals surface area contributed by atoms with E-state index in [1.54, 1.807) is 34.4 Å². The van der Waals surface area contributed by atoms with Crippen LogP contribution in [-0.2, 0) is 26.8 Å². The highest BCUT2D eigenvalue weighted by molar-refractivity contribution is 8.03. The first-order chi connectivity index (χ1) is 26.0. The summed E-state index contributed by atoms with van der Waals surface area (Å²) < 4.78 is 70.6. The van der Waals surface area contributed by atoms with Crippen LogP contribution < -0.4 is 9.47 Å². The SMILES string of the molecule is CCC(/C=C1\Sc2ccc3c(ccc4ccccc43)c2N1CCCS(=O)(=O)O)=C\c1sc2ccc(-c3csc4ccccc34)cc2[n+]1CCCS(=O)(=O)O. The molecular weight excluding hydrogens is 777 g/mol. The Labute approximate surface area is 326 Å². The minimum absolute atomic E-state index is 0.247. The van der Waals surface area contributed by atoms with E-state index in [1.807, 2.05) is 24.3 Å². The summed E-state index contributed by atoms with van der Waals surface area (Å²) in [6.07, 6.45) is 5.50. The normalized spacial score (nSPS) is 14.7. The molecule has 1 aliphatic rings. The smallest absolute Gasteiger partial charge is 0.265 e. The first-order valence-corrected chi connectivity index (χ1v) is 23.3. The number of fused-ring (bicyclic) bond motifs is 7. The quantitative estimate of drug-likeness (QED) is 0.0712. The number of aromatic nitrogens is 1. The predicted molar refractivity (Wildman–Crippen MR) is 226 cm³/mol. The molecule has 8 rings (SSSR count). The number of rotatable bonds is 12. The Balaban J connectivity index is 1.22. The standard InChI is InChI=1S/C41H36N2O6S5/c1-2-27(24-40-43(20-8-22-54(47,48)49)41-33-15-13-28-9-3-4-10-30(28)31(33)16-18-38(41)52-40)23-39-42(19-7-21-53(44,45)46)35-25-29(14-17-37(35)51-39)34-26-50-36-12-6-5-11-32(34)36/h3-6,9-18,23-26H,2,7-8,19-22H2,1H3,(H-,44,45,46,47,48,49)/p+1. The van der Waals surface area contributed by atoms with Crippen LogP contribution in [0.15, 0.2) is 118 Å². The van der Waals surface area contributed by atoms with Gasteiger partial charge < -0.3 is 4.90 Å². The zero-order chi connectivity index (χ0) is 37.6. The van der Waals surface area contributed by atoms with Gasteiger partial charge in [0.1, 0.15) is 4.70 Å². The molecular formula is C41H37N2O6S5+. The third-order valence-corrected chi connectivity index (χ3v) is 14.5. The molecule has 0 saturated carbocycles. The van der Waals surface area contributed by atoms with E-state index in [1.165, 1.54) is 10.1 Å². The fraction of sp³-hybridized carbons (Fsp3) is 0.195. The van der Waals surface area contributed by atoms with Crippen molar-refractivity contribution >= 4 is 108 Å². The van der Waals surface area contributed by atoms with E-state index in [4.69, 9.17) is 0 Å². The van der Waals surface area contributed by atoms with Gasteiger partial charge in [-0.05, 0) is 69.8 Å². The topological polar surface area (TPSA) is 116 Å². The molecule has 0 aliphatic carbocycles. The molecule has 2 aromatic heterocycles. The Morgan fingerprint density at radius 1 is 0.796 bits per heavy atom. The zero-order valence-electron chi connectivity index (χ0n) is 29.3. The third-order valence-electron chi connectivity index (χ3n) is 9.73. The largest absolute Gasteiger partial charge is 0.334 e. The highest BCUT2D eigenvalue weighted by Gasteiger charge is 2.29. The Bertz CT molecular complexity index is 2870. The van der Waals surface area contributed by atoms with Crippen LogP contribution in [0, 0.1) is 0 Å². The summed E-state index contributed by atoms with van der Waals surface area (Å²) >= 11 is 4.98. The van der Waals surface area contributed by atoms with E-state index in [0.29, 0.717) is 19.5 Å². The number of anilines is 1. The second kappa shape index (κ2) is 14.9. The fourth-order valence-corrected chi connectivity index (χ4v) is 11.5. The average Bonchev–Trinajstić information content (AvgIpc) is 3.83. The number of benzene rings is 5. The van der Waals surface area contributed by atoms with Crippen LogP contribution in [0.3, 0.4) is 0 Å². The van der Waals surface area contributed by atoms with Crippen LogP contribution >= 0.6 is 34.4 Å². The van der Waals surface area contributed by atoms with E-state index in [2.05, 4.69) is 101 Å². The van der Waals surface area contributed by atoms with E-state index in [0.717, 1.165) is 69.1 Å². The van der Waals surface area contributed by atoms with Crippen molar-refractivity contribution in [3.05, 3.63) is 118 Å². The van der Waals surface area contributed by atoms with E-state index < -0.39 is 20.2 Å². The van der Waals surface area contributed by atoms with Crippen molar-refractivity contribution in [2.45, 2.75) is 37.6 Å². The van der Waals surface area contributed by atoms with Crippen molar-refractivity contribution in [3.8, 4) is 11.1 Å². The van der Waals surface area contributed by atoms with Crippen molar-refractivity contribution in [2.75, 3.05) is 23.0 Å². The summed E-state index contributed by atoms with van der Waals surface area (Å²) in [5, 5.41) is 9.75. The van der Waals surface area contributed by atoms with Gasteiger partial charge in [-0.2, -0.15) is 21.4 Å². The number of allylic oxidation sites excluding steroid dienone is 2. The van der Waals surface area contributed by atoms with Crippen LogP contribution in [0.4, 0.5) is 5.69 Å². The fourth-order valence-electron chi connectivity index (χ4n) is 7.20. The molecule has 0 bridgehead atoms. The third kappa shape index (κ3) is 7.59. The van der Waals surface area contributed by atoms with Crippen LogP contribution in [-0.4, -0.2) is 44.0 Å². The first kappa shape index (κ1) is 36.9. The van der Waals surface area contributed by atoms with Gasteiger partial charge in [0.15, 0.2) is 6.54 Å². The highest BCUT2D eigenvalue weighted by atomic mass is 32.2. The molecule has 276 valence electrons. The summed E-state index contributed by atoms with van der Waals surface area (Å²) in [6.45, 7) is 2.89. The molecule has 5 aromatic carbocycles. The van der Waals surface area contributed by atoms with E-state index in [9.17, 15) is 25.9 Å². The van der Waals surface area contributed by atoms with Crippen molar-refractivity contribution in [1.29, 1.82) is 0 Å². The second-order valence-corrected chi connectivity index (χ2v) is 19.5. The molecule has 0 saturated heterocycles. The van der Waals surface area contributed by atoms with Gasteiger partial charge in [0.2, 0.25) is 5.52 Å². The molecule has 7 aromatic rings. The molecule has 0 atom stereocenters. The van der Waals surface area contributed by atoms with Crippen molar-refractivity contribution in [3.63, 3.8) is 0 Å². The molecule has 13 heteroatoms. The Morgan fingerprint density at radius 3 is 2.33 bits per heavy atom. The maximum absolute atomic E-state index is 11.8. The summed E-state index contributed by atoms with van der Waals surface area (Å²) in [5.74, 6) is -0.674. The molecule has 0 amide bonds. The molecule has 54 heavy (non-hydrogen) atoms. The number of thiazole rings is 1.